The number of hydrogen-bond donors (Lipinski definition) is 1. The second-order valence-electron chi connectivity index (χ2n) is 5.89. The molecular formula is C15H26N4. The molecule has 1 aromatic rings. The van der Waals surface area contributed by atoms with Crippen molar-refractivity contribution in [1.29, 1.82) is 0 Å². The topological polar surface area (TPSA) is 41.0 Å². The van der Waals surface area contributed by atoms with Crippen molar-refractivity contribution in [2.24, 2.45) is 5.92 Å². The molecule has 0 unspecified atom stereocenters. The van der Waals surface area contributed by atoms with Crippen molar-refractivity contribution in [2.45, 2.75) is 52.5 Å². The van der Waals surface area contributed by atoms with Gasteiger partial charge in [-0.2, -0.15) is 0 Å². The summed E-state index contributed by atoms with van der Waals surface area (Å²) in [7, 11) is 1.91. The molecule has 0 radical (unpaired) electrons. The number of aromatic nitrogens is 2. The molecule has 1 aromatic heterocycles. The highest BCUT2D eigenvalue weighted by molar-refractivity contribution is 5.50. The largest absolute Gasteiger partial charge is 0.373 e. The predicted octanol–water partition coefficient (Wildman–Crippen LogP) is 3.23. The van der Waals surface area contributed by atoms with Gasteiger partial charge in [0.15, 0.2) is 0 Å². The van der Waals surface area contributed by atoms with E-state index in [4.69, 9.17) is 0 Å². The van der Waals surface area contributed by atoms with E-state index < -0.39 is 0 Å². The second-order valence-corrected chi connectivity index (χ2v) is 5.89. The van der Waals surface area contributed by atoms with Gasteiger partial charge in [0.05, 0.1) is 0 Å². The fourth-order valence-corrected chi connectivity index (χ4v) is 2.87. The molecular weight excluding hydrogens is 236 g/mol. The van der Waals surface area contributed by atoms with E-state index in [9.17, 15) is 0 Å². The van der Waals surface area contributed by atoms with Crippen LogP contribution in [0, 0.1) is 12.8 Å². The zero-order chi connectivity index (χ0) is 13.8. The van der Waals surface area contributed by atoms with Crippen LogP contribution in [0.25, 0.3) is 0 Å². The van der Waals surface area contributed by atoms with Crippen molar-refractivity contribution in [3.63, 3.8) is 0 Å². The molecule has 1 saturated carbocycles. The SMILES string of the molecule is CNc1cc(N(CC(C)C)C2CCCC2)nc(C)n1. The summed E-state index contributed by atoms with van der Waals surface area (Å²) < 4.78 is 0. The fourth-order valence-electron chi connectivity index (χ4n) is 2.87. The number of nitrogens with one attached hydrogen (secondary N) is 1. The molecule has 0 bridgehead atoms. The van der Waals surface area contributed by atoms with Crippen LogP contribution in [-0.2, 0) is 0 Å². The molecule has 19 heavy (non-hydrogen) atoms. The Morgan fingerprint density at radius 2 is 2.00 bits per heavy atom. The molecule has 4 nitrogen and oxygen atoms in total. The normalized spacial score (nSPS) is 16.1. The summed E-state index contributed by atoms with van der Waals surface area (Å²) in [4.78, 5) is 11.5. The van der Waals surface area contributed by atoms with Gasteiger partial charge < -0.3 is 10.2 Å². The van der Waals surface area contributed by atoms with Crippen LogP contribution in [0.5, 0.6) is 0 Å². The summed E-state index contributed by atoms with van der Waals surface area (Å²) >= 11 is 0. The lowest BCUT2D eigenvalue weighted by Crippen LogP contribution is -2.37. The van der Waals surface area contributed by atoms with Crippen LogP contribution in [0.1, 0.15) is 45.4 Å². The molecule has 0 spiro atoms. The van der Waals surface area contributed by atoms with Gasteiger partial charge in [0.1, 0.15) is 17.5 Å². The number of hydrogen-bond acceptors (Lipinski definition) is 4. The van der Waals surface area contributed by atoms with Crippen molar-refractivity contribution in [1.82, 2.24) is 9.97 Å². The maximum atomic E-state index is 4.65. The van der Waals surface area contributed by atoms with Crippen molar-refractivity contribution >= 4 is 11.6 Å². The first-order valence-electron chi connectivity index (χ1n) is 7.40. The Hall–Kier alpha value is -1.32. The summed E-state index contributed by atoms with van der Waals surface area (Å²) in [6.07, 6.45) is 5.29. The Morgan fingerprint density at radius 1 is 1.32 bits per heavy atom. The van der Waals surface area contributed by atoms with Crippen LogP contribution in [0.15, 0.2) is 6.07 Å². The zero-order valence-corrected chi connectivity index (χ0v) is 12.6. The van der Waals surface area contributed by atoms with E-state index in [0.717, 1.165) is 24.0 Å². The minimum Gasteiger partial charge on any atom is -0.373 e. The first-order chi connectivity index (χ1) is 9.10. The first-order valence-corrected chi connectivity index (χ1v) is 7.40. The Morgan fingerprint density at radius 3 is 2.58 bits per heavy atom. The molecule has 1 aliphatic carbocycles. The maximum Gasteiger partial charge on any atom is 0.134 e. The third kappa shape index (κ3) is 3.58. The average molecular weight is 262 g/mol. The molecule has 1 N–H and O–H groups in total. The van der Waals surface area contributed by atoms with E-state index >= 15 is 0 Å². The average Bonchev–Trinajstić information content (AvgIpc) is 2.88. The van der Waals surface area contributed by atoms with E-state index in [0.29, 0.717) is 12.0 Å². The second kappa shape index (κ2) is 6.22. The third-order valence-electron chi connectivity index (χ3n) is 3.70. The van der Waals surface area contributed by atoms with Gasteiger partial charge in [-0.1, -0.05) is 26.7 Å². The highest BCUT2D eigenvalue weighted by Crippen LogP contribution is 2.28. The van der Waals surface area contributed by atoms with Gasteiger partial charge in [-0.15, -0.1) is 0 Å². The third-order valence-corrected chi connectivity index (χ3v) is 3.70. The molecule has 1 heterocycles. The Bertz CT molecular complexity index is 411. The van der Waals surface area contributed by atoms with Crippen molar-refractivity contribution in [2.75, 3.05) is 23.8 Å². The van der Waals surface area contributed by atoms with E-state index in [2.05, 4.69) is 40.1 Å². The summed E-state index contributed by atoms with van der Waals surface area (Å²) in [6, 6.07) is 2.73. The molecule has 0 amide bonds. The van der Waals surface area contributed by atoms with Crippen molar-refractivity contribution < 1.29 is 0 Å². The molecule has 0 aromatic carbocycles. The van der Waals surface area contributed by atoms with E-state index in [1.54, 1.807) is 0 Å². The zero-order valence-electron chi connectivity index (χ0n) is 12.6. The standard InChI is InChI=1S/C15H26N4/c1-11(2)10-19(13-7-5-6-8-13)15-9-14(16-4)17-12(3)18-15/h9,11,13H,5-8,10H2,1-4H3,(H,16,17,18). The number of rotatable bonds is 5. The van der Waals surface area contributed by atoms with E-state index in [1.165, 1.54) is 25.7 Å². The fraction of sp³-hybridized carbons (Fsp3) is 0.733. The van der Waals surface area contributed by atoms with Gasteiger partial charge >= 0.3 is 0 Å². The minimum atomic E-state index is 0.647. The van der Waals surface area contributed by atoms with Crippen LogP contribution in [0.3, 0.4) is 0 Å². The van der Waals surface area contributed by atoms with Gasteiger partial charge in [-0.3, -0.25) is 0 Å². The Labute approximate surface area is 116 Å². The monoisotopic (exact) mass is 262 g/mol. The quantitative estimate of drug-likeness (QED) is 0.884. The van der Waals surface area contributed by atoms with Crippen LogP contribution in [0.4, 0.5) is 11.6 Å². The summed E-state index contributed by atoms with van der Waals surface area (Å²) in [6.45, 7) is 7.58. The summed E-state index contributed by atoms with van der Waals surface area (Å²) in [5.74, 6) is 3.48. The van der Waals surface area contributed by atoms with Crippen molar-refractivity contribution in [3.05, 3.63) is 11.9 Å². The number of nitrogens with zero attached hydrogens (tertiary/aromatic N) is 3. The molecule has 1 fully saturated rings. The van der Waals surface area contributed by atoms with Crippen molar-refractivity contribution in [3.8, 4) is 0 Å². The Balaban J connectivity index is 2.28. The molecule has 1 aliphatic rings. The molecule has 4 heteroatoms. The van der Waals surface area contributed by atoms with Crippen LogP contribution < -0.4 is 10.2 Å². The number of aryl methyl sites for hydroxylation is 1. The smallest absolute Gasteiger partial charge is 0.134 e. The van der Waals surface area contributed by atoms with Crippen LogP contribution in [-0.4, -0.2) is 29.6 Å². The van der Waals surface area contributed by atoms with Gasteiger partial charge in [0.25, 0.3) is 0 Å². The lowest BCUT2D eigenvalue weighted by Gasteiger charge is -2.32. The lowest BCUT2D eigenvalue weighted by atomic mass is 10.1. The molecule has 0 aliphatic heterocycles. The molecule has 0 saturated heterocycles. The summed E-state index contributed by atoms with van der Waals surface area (Å²) in [5.41, 5.74) is 0. The van der Waals surface area contributed by atoms with Gasteiger partial charge in [-0.25, -0.2) is 9.97 Å². The summed E-state index contributed by atoms with van der Waals surface area (Å²) in [5, 5.41) is 3.13. The minimum absolute atomic E-state index is 0.647. The first kappa shape index (κ1) is 14.1. The molecule has 2 rings (SSSR count). The molecule has 0 atom stereocenters. The van der Waals surface area contributed by atoms with Crippen LogP contribution in [0.2, 0.25) is 0 Å². The van der Waals surface area contributed by atoms with E-state index in [1.807, 2.05) is 14.0 Å². The van der Waals surface area contributed by atoms with E-state index in [-0.39, 0.29) is 0 Å². The highest BCUT2D eigenvalue weighted by atomic mass is 15.2. The maximum absolute atomic E-state index is 4.65. The lowest BCUT2D eigenvalue weighted by molar-refractivity contribution is 0.530. The van der Waals surface area contributed by atoms with Crippen LogP contribution >= 0.6 is 0 Å². The molecule has 106 valence electrons. The number of anilines is 2. The Kier molecular flexibility index (Phi) is 4.61. The predicted molar refractivity (Wildman–Crippen MR) is 80.8 cm³/mol. The van der Waals surface area contributed by atoms with Gasteiger partial charge in [-0.05, 0) is 25.7 Å². The highest BCUT2D eigenvalue weighted by Gasteiger charge is 2.24. The van der Waals surface area contributed by atoms with Gasteiger partial charge in [0, 0.05) is 25.7 Å². The van der Waals surface area contributed by atoms with Gasteiger partial charge in [0.2, 0.25) is 0 Å².